The summed E-state index contributed by atoms with van der Waals surface area (Å²) in [6, 6.07) is 12.1. The number of halogens is 2. The van der Waals surface area contributed by atoms with Gasteiger partial charge in [0.05, 0.1) is 13.0 Å². The molecular weight excluding hydrogens is 445 g/mol. The number of nitrogens with zero attached hydrogens (tertiary/aromatic N) is 3. The van der Waals surface area contributed by atoms with E-state index in [2.05, 4.69) is 9.97 Å². The Kier molecular flexibility index (Phi) is 7.08. The number of ether oxygens (including phenoxy) is 1. The lowest BCUT2D eigenvalue weighted by molar-refractivity contribution is -0.137. The van der Waals surface area contributed by atoms with Crippen LogP contribution >= 0.6 is 11.6 Å². The SMILES string of the molecule is CN(CCCOc1ccc2c(c1)CC[C@H]2CC(=O)O)c1nc(Cl)ncc1-c1ccc(F)cc1. The van der Waals surface area contributed by atoms with Gasteiger partial charge in [-0.2, -0.15) is 4.98 Å². The fourth-order valence-corrected chi connectivity index (χ4v) is 4.40. The summed E-state index contributed by atoms with van der Waals surface area (Å²) in [4.78, 5) is 21.5. The van der Waals surface area contributed by atoms with E-state index < -0.39 is 5.97 Å². The third-order valence-electron chi connectivity index (χ3n) is 5.90. The number of carboxylic acids is 1. The topological polar surface area (TPSA) is 75.5 Å². The number of aliphatic carboxylic acids is 1. The van der Waals surface area contributed by atoms with Gasteiger partial charge in [-0.05, 0) is 77.7 Å². The number of aryl methyl sites for hydroxylation is 1. The smallest absolute Gasteiger partial charge is 0.303 e. The largest absolute Gasteiger partial charge is 0.494 e. The van der Waals surface area contributed by atoms with E-state index in [9.17, 15) is 9.18 Å². The number of benzene rings is 2. The second-order valence-electron chi connectivity index (χ2n) is 8.20. The predicted molar refractivity (Wildman–Crippen MR) is 126 cm³/mol. The van der Waals surface area contributed by atoms with Gasteiger partial charge in [0.15, 0.2) is 0 Å². The van der Waals surface area contributed by atoms with Crippen LogP contribution in [-0.2, 0) is 11.2 Å². The second-order valence-corrected chi connectivity index (χ2v) is 8.54. The Morgan fingerprint density at radius 1 is 1.27 bits per heavy atom. The predicted octanol–water partition coefficient (Wildman–Crippen LogP) is 5.35. The maximum Gasteiger partial charge on any atom is 0.303 e. The zero-order valence-corrected chi connectivity index (χ0v) is 19.1. The van der Waals surface area contributed by atoms with Crippen molar-refractivity contribution in [1.82, 2.24) is 9.97 Å². The number of carboxylic acid groups (broad SMARTS) is 1. The molecule has 0 fully saturated rings. The van der Waals surface area contributed by atoms with Crippen LogP contribution < -0.4 is 9.64 Å². The van der Waals surface area contributed by atoms with Crippen LogP contribution in [0.1, 0.15) is 36.3 Å². The van der Waals surface area contributed by atoms with Crippen molar-refractivity contribution >= 4 is 23.4 Å². The number of fused-ring (bicyclic) bond motifs is 1. The lowest BCUT2D eigenvalue weighted by Gasteiger charge is -2.21. The van der Waals surface area contributed by atoms with Crippen molar-refractivity contribution in [2.24, 2.45) is 0 Å². The fourth-order valence-electron chi connectivity index (χ4n) is 4.27. The summed E-state index contributed by atoms with van der Waals surface area (Å²) >= 11 is 6.03. The molecule has 0 amide bonds. The van der Waals surface area contributed by atoms with Crippen LogP contribution in [0.4, 0.5) is 10.2 Å². The summed E-state index contributed by atoms with van der Waals surface area (Å²) < 4.78 is 19.3. The molecule has 1 aliphatic rings. The zero-order valence-electron chi connectivity index (χ0n) is 18.3. The molecule has 1 aromatic heterocycles. The van der Waals surface area contributed by atoms with Gasteiger partial charge in [-0.3, -0.25) is 4.79 Å². The summed E-state index contributed by atoms with van der Waals surface area (Å²) in [7, 11) is 1.92. The Hall–Kier alpha value is -3.19. The van der Waals surface area contributed by atoms with Crippen molar-refractivity contribution in [3.05, 3.63) is 70.9 Å². The minimum absolute atomic E-state index is 0.0928. The van der Waals surface area contributed by atoms with E-state index >= 15 is 0 Å². The van der Waals surface area contributed by atoms with Gasteiger partial charge in [0.25, 0.3) is 0 Å². The second kappa shape index (κ2) is 10.2. The molecule has 2 aromatic carbocycles. The first-order valence-electron chi connectivity index (χ1n) is 10.9. The molecule has 0 saturated heterocycles. The quantitative estimate of drug-likeness (QED) is 0.336. The minimum atomic E-state index is -0.759. The Bertz CT molecular complexity index is 1140. The molecule has 0 unspecified atom stereocenters. The van der Waals surface area contributed by atoms with Gasteiger partial charge in [-0.15, -0.1) is 0 Å². The van der Waals surface area contributed by atoms with Crippen molar-refractivity contribution in [2.45, 2.75) is 31.6 Å². The van der Waals surface area contributed by atoms with Crippen molar-refractivity contribution in [3.63, 3.8) is 0 Å². The summed E-state index contributed by atoms with van der Waals surface area (Å²) in [5, 5.41) is 9.22. The molecule has 0 spiro atoms. The summed E-state index contributed by atoms with van der Waals surface area (Å²) in [5.41, 5.74) is 3.89. The molecule has 1 atom stereocenters. The third kappa shape index (κ3) is 5.60. The number of rotatable bonds is 9. The average Bonchev–Trinajstić information content (AvgIpc) is 3.18. The number of anilines is 1. The minimum Gasteiger partial charge on any atom is -0.494 e. The summed E-state index contributed by atoms with van der Waals surface area (Å²) in [6.45, 7) is 1.19. The molecular formula is C25H25ClFN3O3. The number of hydrogen-bond donors (Lipinski definition) is 1. The van der Waals surface area contributed by atoms with Gasteiger partial charge >= 0.3 is 5.97 Å². The zero-order chi connectivity index (χ0) is 23.4. The summed E-state index contributed by atoms with van der Waals surface area (Å²) in [5.74, 6) is 0.498. The molecule has 3 aromatic rings. The van der Waals surface area contributed by atoms with Crippen molar-refractivity contribution in [3.8, 4) is 16.9 Å². The molecule has 172 valence electrons. The molecule has 1 N–H and O–H groups in total. The third-order valence-corrected chi connectivity index (χ3v) is 6.08. The molecule has 8 heteroatoms. The highest BCUT2D eigenvalue weighted by molar-refractivity contribution is 6.28. The van der Waals surface area contributed by atoms with Crippen LogP contribution in [0.25, 0.3) is 11.1 Å². The summed E-state index contributed by atoms with van der Waals surface area (Å²) in [6.07, 6.45) is 4.32. The van der Waals surface area contributed by atoms with Crippen LogP contribution in [0.15, 0.2) is 48.7 Å². The standard InChI is InChI=1S/C25H25ClFN3O3/c1-30(24-22(15-28-25(26)29-24)16-5-7-19(27)8-6-16)11-2-12-33-20-9-10-21-17(13-20)3-4-18(21)14-23(31)32/h5-10,13,15,18H,2-4,11-12,14H2,1H3,(H,31,32)/t18-/m0/s1. The highest BCUT2D eigenvalue weighted by atomic mass is 35.5. The first kappa shape index (κ1) is 23.0. The molecule has 6 nitrogen and oxygen atoms in total. The van der Waals surface area contributed by atoms with Gasteiger partial charge in [0.2, 0.25) is 5.28 Å². The van der Waals surface area contributed by atoms with Gasteiger partial charge in [-0.25, -0.2) is 9.37 Å². The molecule has 0 saturated carbocycles. The molecule has 0 radical (unpaired) electrons. The van der Waals surface area contributed by atoms with Crippen LogP contribution in [0, 0.1) is 5.82 Å². The van der Waals surface area contributed by atoms with E-state index in [0.717, 1.165) is 41.7 Å². The van der Waals surface area contributed by atoms with Gasteiger partial charge in [0.1, 0.15) is 17.4 Å². The highest BCUT2D eigenvalue weighted by Crippen LogP contribution is 2.37. The average molecular weight is 470 g/mol. The van der Waals surface area contributed by atoms with E-state index in [-0.39, 0.29) is 23.4 Å². The maximum absolute atomic E-state index is 13.3. The number of aromatic nitrogens is 2. The lowest BCUT2D eigenvalue weighted by atomic mass is 9.98. The molecule has 0 bridgehead atoms. The van der Waals surface area contributed by atoms with Gasteiger partial charge in [-0.1, -0.05) is 18.2 Å². The Morgan fingerprint density at radius 3 is 2.82 bits per heavy atom. The Balaban J connectivity index is 1.35. The van der Waals surface area contributed by atoms with E-state index in [4.69, 9.17) is 21.4 Å². The molecule has 33 heavy (non-hydrogen) atoms. The first-order chi connectivity index (χ1) is 15.9. The van der Waals surface area contributed by atoms with E-state index in [1.54, 1.807) is 18.3 Å². The molecule has 0 aliphatic heterocycles. The molecule has 1 heterocycles. The molecule has 1 aliphatic carbocycles. The lowest BCUT2D eigenvalue weighted by Crippen LogP contribution is -2.22. The van der Waals surface area contributed by atoms with Crippen molar-refractivity contribution in [1.29, 1.82) is 0 Å². The monoisotopic (exact) mass is 469 g/mol. The fraction of sp³-hybridized carbons (Fsp3) is 0.320. The Labute approximate surface area is 197 Å². The van der Waals surface area contributed by atoms with Crippen LogP contribution in [0.3, 0.4) is 0 Å². The number of carbonyl (C=O) groups is 1. The Morgan fingerprint density at radius 2 is 2.06 bits per heavy atom. The van der Waals surface area contributed by atoms with Crippen molar-refractivity contribution < 1.29 is 19.0 Å². The van der Waals surface area contributed by atoms with Gasteiger partial charge in [0, 0.05) is 25.4 Å². The van der Waals surface area contributed by atoms with E-state index in [1.807, 2.05) is 30.1 Å². The highest BCUT2D eigenvalue weighted by Gasteiger charge is 2.24. The molecule has 4 rings (SSSR count). The van der Waals surface area contributed by atoms with Crippen LogP contribution in [0.2, 0.25) is 5.28 Å². The first-order valence-corrected chi connectivity index (χ1v) is 11.3. The van der Waals surface area contributed by atoms with E-state index in [0.29, 0.717) is 19.0 Å². The van der Waals surface area contributed by atoms with Crippen LogP contribution in [0.5, 0.6) is 5.75 Å². The van der Waals surface area contributed by atoms with Crippen molar-refractivity contribution in [2.75, 3.05) is 25.1 Å². The van der Waals surface area contributed by atoms with Gasteiger partial charge < -0.3 is 14.7 Å². The van der Waals surface area contributed by atoms with E-state index in [1.165, 1.54) is 17.7 Å². The number of hydrogen-bond acceptors (Lipinski definition) is 5. The normalized spacial score (nSPS) is 14.7. The van der Waals surface area contributed by atoms with Crippen LogP contribution in [-0.4, -0.2) is 41.2 Å². The maximum atomic E-state index is 13.3.